The molecule has 2 amide bonds. The number of amides is 2. The molecule has 2 saturated heterocycles. The van der Waals surface area contributed by atoms with Crippen LogP contribution < -0.4 is 10.2 Å². The second kappa shape index (κ2) is 10.7. The van der Waals surface area contributed by atoms with Crippen molar-refractivity contribution < 1.29 is 19.2 Å². The van der Waals surface area contributed by atoms with Gasteiger partial charge in [-0.1, -0.05) is 54.3 Å². The molecule has 0 radical (unpaired) electrons. The molecule has 0 aromatic heterocycles. The number of quaternary nitrogens is 1. The Hall–Kier alpha value is -1.74. The lowest BCUT2D eigenvalue weighted by Gasteiger charge is -2.23. The standard InChI is InChI=1S/C20H25N3O3S2/c24-18(21-8-4-9-22-11-13-26-14-12-22)7-10-23-19(25)17(28-20(23)27)15-16-5-2-1-3-6-16/h1-3,5-6,15H,4,7-14H2,(H,21,24)/p+1/b17-15+. The van der Waals surface area contributed by atoms with Gasteiger partial charge in [0.05, 0.1) is 24.7 Å². The minimum absolute atomic E-state index is 0.0435. The van der Waals surface area contributed by atoms with Crippen LogP contribution in [-0.4, -0.2) is 67.0 Å². The number of benzene rings is 1. The van der Waals surface area contributed by atoms with Crippen molar-refractivity contribution in [1.82, 2.24) is 10.2 Å². The third kappa shape index (κ3) is 6.13. The summed E-state index contributed by atoms with van der Waals surface area (Å²) in [5.41, 5.74) is 0.961. The quantitative estimate of drug-likeness (QED) is 0.368. The van der Waals surface area contributed by atoms with E-state index in [9.17, 15) is 9.59 Å². The smallest absolute Gasteiger partial charge is 0.266 e. The van der Waals surface area contributed by atoms with Crippen molar-refractivity contribution in [2.45, 2.75) is 12.8 Å². The molecule has 0 bridgehead atoms. The van der Waals surface area contributed by atoms with E-state index >= 15 is 0 Å². The fourth-order valence-corrected chi connectivity index (χ4v) is 4.48. The molecule has 1 aromatic rings. The van der Waals surface area contributed by atoms with Crippen molar-refractivity contribution in [3.63, 3.8) is 0 Å². The van der Waals surface area contributed by atoms with Gasteiger partial charge in [-0.25, -0.2) is 0 Å². The maximum Gasteiger partial charge on any atom is 0.266 e. The van der Waals surface area contributed by atoms with E-state index in [1.807, 2.05) is 36.4 Å². The monoisotopic (exact) mass is 420 g/mol. The molecule has 0 saturated carbocycles. The molecule has 2 aliphatic rings. The van der Waals surface area contributed by atoms with Gasteiger partial charge in [-0.2, -0.15) is 0 Å². The zero-order valence-electron chi connectivity index (χ0n) is 15.8. The van der Waals surface area contributed by atoms with Gasteiger partial charge >= 0.3 is 0 Å². The van der Waals surface area contributed by atoms with E-state index in [0.717, 1.165) is 44.8 Å². The summed E-state index contributed by atoms with van der Waals surface area (Å²) in [5.74, 6) is -0.166. The number of carbonyl (C=O) groups is 2. The Balaban J connectivity index is 1.38. The van der Waals surface area contributed by atoms with Crippen LogP contribution in [0.4, 0.5) is 0 Å². The molecule has 0 unspecified atom stereocenters. The molecule has 6 nitrogen and oxygen atoms in total. The van der Waals surface area contributed by atoms with Crippen LogP contribution in [0.5, 0.6) is 0 Å². The summed E-state index contributed by atoms with van der Waals surface area (Å²) in [5, 5.41) is 2.94. The van der Waals surface area contributed by atoms with Crippen LogP contribution in [0.15, 0.2) is 35.2 Å². The summed E-state index contributed by atoms with van der Waals surface area (Å²) < 4.78 is 5.85. The molecule has 0 aliphatic carbocycles. The number of nitrogens with zero attached hydrogens (tertiary/aromatic N) is 1. The number of carbonyl (C=O) groups excluding carboxylic acids is 2. The number of morpholine rings is 1. The average molecular weight is 421 g/mol. The molecule has 3 rings (SSSR count). The van der Waals surface area contributed by atoms with Crippen LogP contribution in [0.1, 0.15) is 18.4 Å². The maximum atomic E-state index is 12.6. The second-order valence-electron chi connectivity index (χ2n) is 6.81. The molecule has 0 atom stereocenters. The van der Waals surface area contributed by atoms with Gasteiger partial charge in [-0.05, 0) is 11.6 Å². The summed E-state index contributed by atoms with van der Waals surface area (Å²) in [6.07, 6.45) is 3.05. The average Bonchev–Trinajstić information content (AvgIpc) is 2.98. The number of ether oxygens (including phenoxy) is 1. The summed E-state index contributed by atoms with van der Waals surface area (Å²) in [7, 11) is 0. The largest absolute Gasteiger partial charge is 0.370 e. The van der Waals surface area contributed by atoms with Crippen molar-refractivity contribution in [2.75, 3.05) is 45.9 Å². The highest BCUT2D eigenvalue weighted by Crippen LogP contribution is 2.32. The van der Waals surface area contributed by atoms with E-state index in [1.54, 1.807) is 0 Å². The Morgan fingerprint density at radius 1 is 1.29 bits per heavy atom. The van der Waals surface area contributed by atoms with Crippen LogP contribution >= 0.6 is 24.0 Å². The fraction of sp³-hybridized carbons (Fsp3) is 0.450. The SMILES string of the molecule is O=C(CCN1C(=O)/C(=C\c2ccccc2)SC1=S)NCCC[NH+]1CCOCC1. The minimum atomic E-state index is -0.123. The Morgan fingerprint density at radius 2 is 2.04 bits per heavy atom. The molecule has 8 heteroatoms. The molecular formula is C20H26N3O3S2+. The number of rotatable bonds is 8. The van der Waals surface area contributed by atoms with Crippen LogP contribution in [0.3, 0.4) is 0 Å². The first kappa shape index (κ1) is 21.0. The van der Waals surface area contributed by atoms with Gasteiger partial charge in [-0.3, -0.25) is 14.5 Å². The molecular weight excluding hydrogens is 394 g/mol. The highest BCUT2D eigenvalue weighted by Gasteiger charge is 2.32. The van der Waals surface area contributed by atoms with Crippen LogP contribution in [0.2, 0.25) is 0 Å². The van der Waals surface area contributed by atoms with Gasteiger partial charge in [0.1, 0.15) is 17.4 Å². The summed E-state index contributed by atoms with van der Waals surface area (Å²) in [4.78, 5) is 28.3. The third-order valence-corrected chi connectivity index (χ3v) is 6.14. The second-order valence-corrected chi connectivity index (χ2v) is 8.49. The van der Waals surface area contributed by atoms with Crippen LogP contribution in [0, 0.1) is 0 Å². The third-order valence-electron chi connectivity index (χ3n) is 4.76. The van der Waals surface area contributed by atoms with E-state index in [1.165, 1.54) is 21.6 Å². The highest BCUT2D eigenvalue weighted by molar-refractivity contribution is 8.26. The fourth-order valence-electron chi connectivity index (χ4n) is 3.17. The van der Waals surface area contributed by atoms with Crippen molar-refractivity contribution in [2.24, 2.45) is 0 Å². The Bertz CT molecular complexity index is 733. The molecule has 2 aliphatic heterocycles. The topological polar surface area (TPSA) is 63.1 Å². The first-order chi connectivity index (χ1) is 13.6. The molecule has 28 heavy (non-hydrogen) atoms. The first-order valence-corrected chi connectivity index (χ1v) is 10.8. The number of hydrogen-bond donors (Lipinski definition) is 2. The molecule has 2 heterocycles. The number of hydrogen-bond acceptors (Lipinski definition) is 5. The lowest BCUT2D eigenvalue weighted by molar-refractivity contribution is -0.908. The van der Waals surface area contributed by atoms with Crippen molar-refractivity contribution in [3.8, 4) is 0 Å². The molecule has 2 fully saturated rings. The Kier molecular flexibility index (Phi) is 8.02. The van der Waals surface area contributed by atoms with E-state index < -0.39 is 0 Å². The summed E-state index contributed by atoms with van der Waals surface area (Å²) in [6.45, 7) is 5.75. The Labute approximate surface area is 175 Å². The molecule has 2 N–H and O–H groups in total. The molecule has 1 aromatic carbocycles. The summed E-state index contributed by atoms with van der Waals surface area (Å²) in [6, 6.07) is 9.68. The highest BCUT2D eigenvalue weighted by atomic mass is 32.2. The lowest BCUT2D eigenvalue weighted by Crippen LogP contribution is -3.14. The van der Waals surface area contributed by atoms with Gasteiger partial charge in [0.2, 0.25) is 5.91 Å². The van der Waals surface area contributed by atoms with Gasteiger partial charge in [0.15, 0.2) is 0 Å². The minimum Gasteiger partial charge on any atom is -0.370 e. The zero-order chi connectivity index (χ0) is 19.8. The van der Waals surface area contributed by atoms with Gasteiger partial charge < -0.3 is 15.0 Å². The first-order valence-electron chi connectivity index (χ1n) is 9.62. The van der Waals surface area contributed by atoms with E-state index in [2.05, 4.69) is 5.32 Å². The predicted molar refractivity (Wildman–Crippen MR) is 115 cm³/mol. The lowest BCUT2D eigenvalue weighted by atomic mass is 10.2. The summed E-state index contributed by atoms with van der Waals surface area (Å²) >= 11 is 6.61. The number of thioether (sulfide) groups is 1. The van der Waals surface area contributed by atoms with Crippen LogP contribution in [0.25, 0.3) is 6.08 Å². The van der Waals surface area contributed by atoms with Crippen molar-refractivity contribution >= 4 is 46.2 Å². The van der Waals surface area contributed by atoms with E-state index in [-0.39, 0.29) is 18.2 Å². The van der Waals surface area contributed by atoms with Gasteiger partial charge in [-0.15, -0.1) is 0 Å². The van der Waals surface area contributed by atoms with Gasteiger partial charge in [0.25, 0.3) is 5.91 Å². The molecule has 0 spiro atoms. The predicted octanol–water partition coefficient (Wildman–Crippen LogP) is 0.699. The normalized spacial score (nSPS) is 19.4. The van der Waals surface area contributed by atoms with Crippen molar-refractivity contribution in [1.29, 1.82) is 0 Å². The molecule has 150 valence electrons. The Morgan fingerprint density at radius 3 is 2.79 bits per heavy atom. The number of nitrogens with one attached hydrogen (secondary N) is 2. The van der Waals surface area contributed by atoms with Crippen LogP contribution in [-0.2, 0) is 14.3 Å². The zero-order valence-corrected chi connectivity index (χ0v) is 17.4. The number of thiocarbonyl (C=S) groups is 1. The maximum absolute atomic E-state index is 12.6. The van der Waals surface area contributed by atoms with Crippen molar-refractivity contribution in [3.05, 3.63) is 40.8 Å². The van der Waals surface area contributed by atoms with Gasteiger partial charge in [0, 0.05) is 25.9 Å². The van der Waals surface area contributed by atoms with E-state index in [0.29, 0.717) is 22.3 Å². The van der Waals surface area contributed by atoms with E-state index in [4.69, 9.17) is 17.0 Å².